The van der Waals surface area contributed by atoms with Crippen LogP contribution in [0.25, 0.3) is 5.57 Å². The summed E-state index contributed by atoms with van der Waals surface area (Å²) in [6.07, 6.45) is 3.41. The number of rotatable bonds is 5. The number of hydrogen-bond donors (Lipinski definition) is 0. The van der Waals surface area contributed by atoms with Crippen molar-refractivity contribution in [2.75, 3.05) is 18.1 Å². The van der Waals surface area contributed by atoms with Crippen LogP contribution in [0, 0.1) is 5.41 Å². The molecule has 0 aromatic heterocycles. The van der Waals surface area contributed by atoms with E-state index in [0.717, 1.165) is 11.5 Å². The van der Waals surface area contributed by atoms with Crippen LogP contribution in [0.15, 0.2) is 66.7 Å². The number of hydrogen-bond acceptors (Lipinski definition) is 4. The molecular formula is C23H24O2S2. The van der Waals surface area contributed by atoms with Crippen molar-refractivity contribution in [2.24, 2.45) is 5.41 Å². The smallest absolute Gasteiger partial charge is 0.318 e. The van der Waals surface area contributed by atoms with Crippen LogP contribution in [0.5, 0.6) is 0 Å². The zero-order valence-electron chi connectivity index (χ0n) is 15.5. The Morgan fingerprint density at radius 2 is 1.67 bits per heavy atom. The van der Waals surface area contributed by atoms with Crippen LogP contribution in [0.3, 0.4) is 0 Å². The van der Waals surface area contributed by atoms with E-state index >= 15 is 0 Å². The van der Waals surface area contributed by atoms with E-state index in [2.05, 4.69) is 54.6 Å². The quantitative estimate of drug-likeness (QED) is 0.613. The molecule has 0 saturated carbocycles. The molecule has 0 bridgehead atoms. The van der Waals surface area contributed by atoms with Gasteiger partial charge in [0, 0.05) is 5.92 Å². The van der Waals surface area contributed by atoms with E-state index in [-0.39, 0.29) is 16.5 Å². The van der Waals surface area contributed by atoms with E-state index in [4.69, 9.17) is 4.74 Å². The summed E-state index contributed by atoms with van der Waals surface area (Å²) in [6, 6.07) is 20.9. The van der Waals surface area contributed by atoms with Crippen LogP contribution < -0.4 is 0 Å². The number of carbonyl (C=O) groups excluding carboxylic acids is 1. The van der Waals surface area contributed by atoms with Gasteiger partial charge in [0.2, 0.25) is 0 Å². The van der Waals surface area contributed by atoms with E-state index < -0.39 is 5.41 Å². The van der Waals surface area contributed by atoms with E-state index in [1.54, 1.807) is 0 Å². The molecule has 4 rings (SSSR count). The highest BCUT2D eigenvalue weighted by atomic mass is 32.2. The Bertz CT molecular complexity index is 813. The zero-order valence-corrected chi connectivity index (χ0v) is 17.1. The van der Waals surface area contributed by atoms with E-state index in [9.17, 15) is 4.79 Å². The van der Waals surface area contributed by atoms with Gasteiger partial charge in [0.25, 0.3) is 0 Å². The Hall–Kier alpha value is -1.65. The van der Waals surface area contributed by atoms with Gasteiger partial charge in [-0.05, 0) is 41.6 Å². The lowest BCUT2D eigenvalue weighted by Gasteiger charge is -2.50. The van der Waals surface area contributed by atoms with Crippen molar-refractivity contribution in [3.63, 3.8) is 0 Å². The summed E-state index contributed by atoms with van der Waals surface area (Å²) in [5.41, 5.74) is 3.02. The predicted molar refractivity (Wildman–Crippen MR) is 116 cm³/mol. The summed E-state index contributed by atoms with van der Waals surface area (Å²) in [5.74, 6) is 2.16. The van der Waals surface area contributed by atoms with Gasteiger partial charge < -0.3 is 4.74 Å². The molecule has 2 unspecified atom stereocenters. The number of benzene rings is 2. The van der Waals surface area contributed by atoms with Crippen molar-refractivity contribution in [1.29, 1.82) is 0 Å². The maximum atomic E-state index is 13.3. The van der Waals surface area contributed by atoms with Crippen molar-refractivity contribution in [3.8, 4) is 0 Å². The fourth-order valence-corrected chi connectivity index (χ4v) is 7.41. The molecular weight excluding hydrogens is 372 g/mol. The third kappa shape index (κ3) is 3.34. The second-order valence-corrected chi connectivity index (χ2v) is 9.61. The fourth-order valence-electron chi connectivity index (χ4n) is 4.06. The zero-order chi connectivity index (χ0) is 18.7. The van der Waals surface area contributed by atoms with Gasteiger partial charge in [-0.1, -0.05) is 66.7 Å². The first kappa shape index (κ1) is 18.7. The normalized spacial score (nSPS) is 25.4. The third-order valence-electron chi connectivity index (χ3n) is 5.27. The first-order valence-corrected chi connectivity index (χ1v) is 11.6. The Kier molecular flexibility index (Phi) is 5.65. The fraction of sp³-hybridized carbons (Fsp3) is 0.348. The van der Waals surface area contributed by atoms with Crippen molar-refractivity contribution in [2.45, 2.75) is 23.8 Å². The highest BCUT2D eigenvalue weighted by Crippen LogP contribution is 2.63. The lowest BCUT2D eigenvalue weighted by atomic mass is 9.58. The van der Waals surface area contributed by atoms with Gasteiger partial charge in [-0.25, -0.2) is 0 Å². The molecule has 0 radical (unpaired) electrons. The molecule has 2 aliphatic rings. The van der Waals surface area contributed by atoms with Crippen LogP contribution in [0.1, 0.15) is 30.4 Å². The average molecular weight is 397 g/mol. The van der Waals surface area contributed by atoms with Gasteiger partial charge in [-0.3, -0.25) is 4.79 Å². The lowest BCUT2D eigenvalue weighted by molar-refractivity contribution is -0.153. The largest absolute Gasteiger partial charge is 0.465 e. The third-order valence-corrected chi connectivity index (χ3v) is 8.52. The number of ether oxygens (including phenoxy) is 1. The van der Waals surface area contributed by atoms with E-state index in [1.807, 2.05) is 42.6 Å². The molecule has 0 spiro atoms. The minimum atomic E-state index is -0.599. The van der Waals surface area contributed by atoms with Crippen LogP contribution in [-0.4, -0.2) is 28.7 Å². The lowest BCUT2D eigenvalue weighted by Crippen LogP contribution is -2.50. The highest BCUT2D eigenvalue weighted by molar-refractivity contribution is 8.17. The summed E-state index contributed by atoms with van der Waals surface area (Å²) in [4.78, 5) is 13.3. The summed E-state index contributed by atoms with van der Waals surface area (Å²) in [7, 11) is 0. The maximum absolute atomic E-state index is 13.3. The predicted octanol–water partition coefficient (Wildman–Crippen LogP) is 5.61. The molecule has 2 atom stereocenters. The van der Waals surface area contributed by atoms with Gasteiger partial charge in [0.1, 0.15) is 5.41 Å². The minimum Gasteiger partial charge on any atom is -0.465 e. The Morgan fingerprint density at radius 1 is 1.04 bits per heavy atom. The molecule has 0 N–H and O–H groups in total. The SMILES string of the molecule is CCOC(=O)C1(C2SCCCS2)C=C(c2ccccc2)C1c1ccccc1. The molecule has 2 nitrogen and oxygen atoms in total. The summed E-state index contributed by atoms with van der Waals surface area (Å²) in [5, 5.41) is 0. The molecule has 140 valence electrons. The van der Waals surface area contributed by atoms with Crippen LogP contribution in [0.4, 0.5) is 0 Å². The standard InChI is InChI=1S/C23H24O2S2/c1-2-25-21(24)23(22-26-14-9-15-27-22)16-19(17-10-5-3-6-11-17)20(23)18-12-7-4-8-13-18/h3-8,10-13,16,20,22H,2,9,14-15H2,1H3. The van der Waals surface area contributed by atoms with Gasteiger partial charge in [-0.15, -0.1) is 23.5 Å². The van der Waals surface area contributed by atoms with Crippen molar-refractivity contribution >= 4 is 35.1 Å². The first-order chi connectivity index (χ1) is 13.3. The topological polar surface area (TPSA) is 26.3 Å². The molecule has 1 aliphatic heterocycles. The van der Waals surface area contributed by atoms with Crippen LogP contribution in [0.2, 0.25) is 0 Å². The minimum absolute atomic E-state index is 0.0308. The van der Waals surface area contributed by atoms with Crippen molar-refractivity contribution < 1.29 is 9.53 Å². The van der Waals surface area contributed by atoms with Crippen molar-refractivity contribution in [1.82, 2.24) is 0 Å². The maximum Gasteiger partial charge on any atom is 0.318 e. The van der Waals surface area contributed by atoms with Crippen LogP contribution >= 0.6 is 23.5 Å². The second-order valence-electron chi connectivity index (χ2n) is 6.89. The van der Waals surface area contributed by atoms with Gasteiger partial charge in [-0.2, -0.15) is 0 Å². The number of allylic oxidation sites excluding steroid dienone is 1. The van der Waals surface area contributed by atoms with Gasteiger partial charge in [0.15, 0.2) is 0 Å². The van der Waals surface area contributed by atoms with E-state index in [1.165, 1.54) is 23.1 Å². The molecule has 1 heterocycles. The van der Waals surface area contributed by atoms with Gasteiger partial charge in [0.05, 0.1) is 11.2 Å². The molecule has 1 fully saturated rings. The molecule has 1 saturated heterocycles. The number of esters is 1. The monoisotopic (exact) mass is 396 g/mol. The Labute approximate surface area is 169 Å². The number of thioether (sulfide) groups is 2. The molecule has 27 heavy (non-hydrogen) atoms. The summed E-state index contributed by atoms with van der Waals surface area (Å²) in [6.45, 7) is 2.31. The van der Waals surface area contributed by atoms with Gasteiger partial charge >= 0.3 is 5.97 Å². The molecule has 4 heteroatoms. The Balaban J connectivity index is 1.84. The molecule has 0 amide bonds. The molecule has 1 aliphatic carbocycles. The highest BCUT2D eigenvalue weighted by Gasteiger charge is 2.59. The van der Waals surface area contributed by atoms with Crippen LogP contribution in [-0.2, 0) is 9.53 Å². The second kappa shape index (κ2) is 8.15. The summed E-state index contributed by atoms with van der Waals surface area (Å²) >= 11 is 3.83. The van der Waals surface area contributed by atoms with E-state index in [0.29, 0.717) is 6.61 Å². The van der Waals surface area contributed by atoms with Crippen molar-refractivity contribution in [3.05, 3.63) is 77.9 Å². The molecule has 2 aromatic rings. The summed E-state index contributed by atoms with van der Waals surface area (Å²) < 4.78 is 5.83. The molecule has 2 aromatic carbocycles. The number of carbonyl (C=O) groups is 1. The Morgan fingerprint density at radius 3 is 2.30 bits per heavy atom. The average Bonchev–Trinajstić information content (AvgIpc) is 2.70. The first-order valence-electron chi connectivity index (χ1n) is 9.51.